The first kappa shape index (κ1) is 59.2. The van der Waals surface area contributed by atoms with Crippen LogP contribution in [0.15, 0.2) is 245 Å². The number of benzene rings is 11. The zero-order chi connectivity index (χ0) is 62.8. The average Bonchev–Trinajstić information content (AvgIpc) is 1.50. The maximum Gasteiger partial charge on any atom is 0.145 e. The summed E-state index contributed by atoms with van der Waals surface area (Å²) < 4.78 is 10.2. The van der Waals surface area contributed by atoms with E-state index in [1.54, 1.807) is 0 Å². The van der Waals surface area contributed by atoms with Gasteiger partial charge in [-0.25, -0.2) is 0 Å². The Morgan fingerprint density at radius 2 is 0.878 bits per heavy atom. The molecule has 0 fully saturated rings. The third-order valence-electron chi connectivity index (χ3n) is 18.7. The van der Waals surface area contributed by atoms with Gasteiger partial charge >= 0.3 is 0 Å². The van der Waals surface area contributed by atoms with E-state index in [0.717, 1.165) is 61.6 Å². The minimum atomic E-state index is -1.78. The molecule has 14 rings (SSSR count). The Morgan fingerprint density at radius 1 is 0.422 bits per heavy atom. The lowest BCUT2D eigenvalue weighted by molar-refractivity contribution is 0.589. The molecule has 0 spiro atoms. The average molecular weight is 1230 g/mol. The summed E-state index contributed by atoms with van der Waals surface area (Å²) >= 11 is 3.72. The molecular formula is C84H80N2OS2Si. The maximum absolute atomic E-state index is 7.72. The highest BCUT2D eigenvalue weighted by Gasteiger charge is 2.50. The molecule has 1 unspecified atom stereocenters. The third kappa shape index (κ3) is 10.2. The Hall–Kier alpha value is -8.39. The van der Waals surface area contributed by atoms with Crippen LogP contribution in [0.4, 0.5) is 34.1 Å². The fourth-order valence-corrected chi connectivity index (χ4v) is 17.1. The van der Waals surface area contributed by atoms with Gasteiger partial charge in [0.1, 0.15) is 11.2 Å². The van der Waals surface area contributed by atoms with E-state index in [0.29, 0.717) is 0 Å². The van der Waals surface area contributed by atoms with Crippen LogP contribution < -0.4 is 15.0 Å². The zero-order valence-corrected chi connectivity index (χ0v) is 57.2. The summed E-state index contributed by atoms with van der Waals surface area (Å²) in [6.45, 7) is 32.5. The molecule has 0 saturated carbocycles. The number of nitrogens with zero attached hydrogens (tertiary/aromatic N) is 2. The minimum Gasteiger partial charge on any atom is -0.455 e. The highest BCUT2D eigenvalue weighted by atomic mass is 32.2. The summed E-state index contributed by atoms with van der Waals surface area (Å²) in [6, 6.07) is 88.5. The number of aryl methyl sites for hydroxylation is 2. The molecule has 2 aromatic heterocycles. The van der Waals surface area contributed by atoms with E-state index in [1.165, 1.54) is 90.8 Å². The molecule has 0 N–H and O–H groups in total. The van der Waals surface area contributed by atoms with E-state index in [9.17, 15) is 0 Å². The molecule has 1 aliphatic carbocycles. The quantitative estimate of drug-likeness (QED) is 0.120. The summed E-state index contributed by atoms with van der Waals surface area (Å²) in [5, 5.41) is 6.06. The summed E-state index contributed by atoms with van der Waals surface area (Å²) in [4.78, 5) is 7.47. The summed E-state index contributed by atoms with van der Waals surface area (Å²) in [5.41, 5.74) is 20.9. The van der Waals surface area contributed by atoms with Crippen molar-refractivity contribution >= 4 is 113 Å². The highest BCUT2D eigenvalue weighted by molar-refractivity contribution is 7.99. The summed E-state index contributed by atoms with van der Waals surface area (Å²) in [6.07, 6.45) is 0. The number of thiophene rings is 1. The van der Waals surface area contributed by atoms with Crippen LogP contribution in [0, 0.1) is 13.8 Å². The molecule has 13 aromatic rings. The Balaban J connectivity index is 1.17. The monoisotopic (exact) mass is 1220 g/mol. The molecule has 3 nitrogen and oxygen atoms in total. The van der Waals surface area contributed by atoms with Crippen molar-refractivity contribution in [2.75, 3.05) is 9.80 Å². The number of fused-ring (bicyclic) bond motifs is 11. The van der Waals surface area contributed by atoms with Gasteiger partial charge in [-0.3, -0.25) is 0 Å². The molecule has 11 aromatic carbocycles. The van der Waals surface area contributed by atoms with E-state index < -0.39 is 13.5 Å². The first-order valence-electron chi connectivity index (χ1n) is 31.9. The molecule has 0 saturated heterocycles. The predicted octanol–water partition coefficient (Wildman–Crippen LogP) is 24.5. The van der Waals surface area contributed by atoms with Gasteiger partial charge < -0.3 is 14.2 Å². The van der Waals surface area contributed by atoms with Gasteiger partial charge in [-0.15, -0.1) is 11.3 Å². The Bertz CT molecular complexity index is 4890. The van der Waals surface area contributed by atoms with Crippen LogP contribution in [0.2, 0.25) is 19.6 Å². The predicted molar refractivity (Wildman–Crippen MR) is 392 cm³/mol. The van der Waals surface area contributed by atoms with Gasteiger partial charge in [0.05, 0.1) is 34.9 Å². The molecule has 1 aliphatic rings. The third-order valence-corrected chi connectivity index (χ3v) is 23.0. The number of anilines is 6. The van der Waals surface area contributed by atoms with Gasteiger partial charge in [-0.1, -0.05) is 232 Å². The van der Waals surface area contributed by atoms with Crippen molar-refractivity contribution in [3.05, 3.63) is 281 Å². The van der Waals surface area contributed by atoms with Crippen LogP contribution in [0.25, 0.3) is 53.2 Å². The molecule has 448 valence electrons. The fourth-order valence-electron chi connectivity index (χ4n) is 13.9. The van der Waals surface area contributed by atoms with Crippen molar-refractivity contribution in [2.45, 2.75) is 127 Å². The van der Waals surface area contributed by atoms with Gasteiger partial charge in [-0.2, -0.15) is 0 Å². The lowest BCUT2D eigenvalue weighted by atomic mass is 9.67. The smallest absolute Gasteiger partial charge is 0.145 e. The van der Waals surface area contributed by atoms with E-state index in [1.807, 2.05) is 23.1 Å². The largest absolute Gasteiger partial charge is 0.455 e. The summed E-state index contributed by atoms with van der Waals surface area (Å²) in [5.74, 6) is 0. The second kappa shape index (κ2) is 21.9. The number of hydrogen-bond acceptors (Lipinski definition) is 5. The molecule has 2 heterocycles. The number of para-hydroxylation sites is 1. The van der Waals surface area contributed by atoms with Crippen molar-refractivity contribution in [2.24, 2.45) is 0 Å². The standard InChI is InChI=1S/C84H80N2OS2Si/c1-53-21-19-23-62(49-53)85(60-39-29-55(30-40-60)81(3,4)5)71-51-70-78(79-75(71)67-25-15-17-27-73(67)87-79)77-69(84(70,59-37-47-66(48-38-59)90(12,13)14)58-35-45-65(46-36-58)88-64-43-33-57(34-44-64)83(9,10)11)52-72(80-76(77)68-26-16-18-28-74(68)89-80)86(63-24-20-22-54(2)50-63)61-41-31-56(32-42-61)82(6,7)8/h15-52H,1-14H3. The zero-order valence-electron chi connectivity index (χ0n) is 54.6. The molecule has 0 bridgehead atoms. The molecule has 0 amide bonds. The van der Waals surface area contributed by atoms with Crippen LogP contribution in [0.3, 0.4) is 0 Å². The van der Waals surface area contributed by atoms with Crippen LogP contribution in [0.1, 0.15) is 112 Å². The van der Waals surface area contributed by atoms with Gasteiger partial charge in [0.15, 0.2) is 0 Å². The first-order chi connectivity index (χ1) is 42.9. The number of furan rings is 1. The van der Waals surface area contributed by atoms with E-state index in [2.05, 4.69) is 336 Å². The first-order valence-corrected chi connectivity index (χ1v) is 37.0. The lowest BCUT2D eigenvalue weighted by Crippen LogP contribution is -2.38. The van der Waals surface area contributed by atoms with Crippen molar-refractivity contribution in [3.63, 3.8) is 0 Å². The van der Waals surface area contributed by atoms with E-state index in [4.69, 9.17) is 4.42 Å². The molecule has 0 aliphatic heterocycles. The topological polar surface area (TPSA) is 19.6 Å². The highest BCUT2D eigenvalue weighted by Crippen LogP contribution is 2.65. The van der Waals surface area contributed by atoms with Gasteiger partial charge in [0.25, 0.3) is 0 Å². The number of rotatable bonds is 11. The Kier molecular flexibility index (Phi) is 14.4. The second-order valence-corrected chi connectivity index (χ2v) is 36.4. The van der Waals surface area contributed by atoms with Crippen molar-refractivity contribution < 1.29 is 4.42 Å². The minimum absolute atomic E-state index is 0.0218. The Morgan fingerprint density at radius 3 is 1.40 bits per heavy atom. The van der Waals surface area contributed by atoms with E-state index >= 15 is 0 Å². The van der Waals surface area contributed by atoms with Gasteiger partial charge in [-0.05, 0) is 183 Å². The van der Waals surface area contributed by atoms with Crippen LogP contribution in [0.5, 0.6) is 0 Å². The Labute approximate surface area is 542 Å². The second-order valence-electron chi connectivity index (χ2n) is 29.2. The normalized spacial score (nSPS) is 14.4. The molecular weight excluding hydrogens is 1150 g/mol. The van der Waals surface area contributed by atoms with Gasteiger partial charge in [0, 0.05) is 59.0 Å². The number of hydrogen-bond donors (Lipinski definition) is 0. The van der Waals surface area contributed by atoms with Crippen LogP contribution >= 0.6 is 23.1 Å². The van der Waals surface area contributed by atoms with Crippen molar-refractivity contribution in [1.29, 1.82) is 0 Å². The van der Waals surface area contributed by atoms with Crippen LogP contribution in [-0.2, 0) is 21.7 Å². The fraction of sp³-hybridized carbons (Fsp3) is 0.214. The lowest BCUT2D eigenvalue weighted by Gasteiger charge is -2.36. The SMILES string of the molecule is Cc1cccc(N(c2ccc(C(C)(C)C)cc2)c2cc3c(c4c2sc2ccccc24)-c2c(cc(N(c4ccc(C(C)(C)C)cc4)c4cccc(C)c4)c4c2oc2ccccc24)C3(c2ccc(Sc3ccc(C(C)(C)C)cc3)cc2)c2ccc([Si](C)(C)C)cc2)c1. The van der Waals surface area contributed by atoms with Crippen molar-refractivity contribution in [3.8, 4) is 11.1 Å². The molecule has 6 heteroatoms. The van der Waals surface area contributed by atoms with Crippen molar-refractivity contribution in [1.82, 2.24) is 0 Å². The van der Waals surface area contributed by atoms with E-state index in [-0.39, 0.29) is 16.2 Å². The molecule has 90 heavy (non-hydrogen) atoms. The van der Waals surface area contributed by atoms with Crippen LogP contribution in [-0.4, -0.2) is 8.07 Å². The maximum atomic E-state index is 7.72. The van der Waals surface area contributed by atoms with Gasteiger partial charge in [0.2, 0.25) is 0 Å². The summed E-state index contributed by atoms with van der Waals surface area (Å²) in [7, 11) is -1.78. The molecule has 0 radical (unpaired) electrons. The molecule has 1 atom stereocenters.